The molecule has 0 atom stereocenters. The molecule has 0 aromatic heterocycles. The predicted molar refractivity (Wildman–Crippen MR) is 138 cm³/mol. The summed E-state index contributed by atoms with van der Waals surface area (Å²) in [6.45, 7) is 4.34. The van der Waals surface area contributed by atoms with E-state index in [4.69, 9.17) is 0 Å². The van der Waals surface area contributed by atoms with E-state index in [1.807, 2.05) is 30.3 Å². The van der Waals surface area contributed by atoms with Gasteiger partial charge in [0.05, 0.1) is 5.56 Å². The van der Waals surface area contributed by atoms with Crippen LogP contribution in [0.3, 0.4) is 0 Å². The summed E-state index contributed by atoms with van der Waals surface area (Å²) >= 11 is 0. The van der Waals surface area contributed by atoms with Gasteiger partial charge in [-0.25, -0.2) is 4.39 Å². The van der Waals surface area contributed by atoms with Crippen LogP contribution in [0.25, 0.3) is 0 Å². The molecule has 3 aromatic rings. The van der Waals surface area contributed by atoms with Crippen LogP contribution < -0.4 is 0 Å². The first-order valence-electron chi connectivity index (χ1n) is 12.2. The van der Waals surface area contributed by atoms with Crippen LogP contribution in [0.5, 0.6) is 0 Å². The van der Waals surface area contributed by atoms with Crippen LogP contribution in [0, 0.1) is 29.5 Å². The second kappa shape index (κ2) is 13.3. The normalized spacial score (nSPS) is 10.2. The minimum atomic E-state index is -0.251. The second-order valence-electron chi connectivity index (χ2n) is 8.50. The number of halogens is 1. The Morgan fingerprint density at radius 1 is 0.545 bits per heavy atom. The molecule has 0 nitrogen and oxygen atoms in total. The van der Waals surface area contributed by atoms with Gasteiger partial charge in [-0.1, -0.05) is 87.8 Å². The van der Waals surface area contributed by atoms with Crippen molar-refractivity contribution in [2.24, 2.45) is 0 Å². The molecule has 3 aromatic carbocycles. The maximum atomic E-state index is 14.2. The summed E-state index contributed by atoms with van der Waals surface area (Å²) in [6, 6.07) is 21.7. The third-order valence-corrected chi connectivity index (χ3v) is 5.67. The highest BCUT2D eigenvalue weighted by molar-refractivity contribution is 5.48. The first-order valence-corrected chi connectivity index (χ1v) is 12.2. The Balaban J connectivity index is 1.56. The van der Waals surface area contributed by atoms with Crippen LogP contribution in [0.15, 0.2) is 66.7 Å². The third kappa shape index (κ3) is 8.29. The average molecular weight is 437 g/mol. The van der Waals surface area contributed by atoms with Crippen molar-refractivity contribution in [1.29, 1.82) is 0 Å². The van der Waals surface area contributed by atoms with Gasteiger partial charge in [0.15, 0.2) is 0 Å². The summed E-state index contributed by atoms with van der Waals surface area (Å²) in [6.07, 6.45) is 9.58. The zero-order valence-corrected chi connectivity index (χ0v) is 19.9. The van der Waals surface area contributed by atoms with E-state index in [1.54, 1.807) is 12.1 Å². The zero-order chi connectivity index (χ0) is 23.3. The molecule has 0 amide bonds. The van der Waals surface area contributed by atoms with Crippen molar-refractivity contribution in [1.82, 2.24) is 0 Å². The van der Waals surface area contributed by atoms with E-state index < -0.39 is 0 Å². The Kier molecular flexibility index (Phi) is 9.82. The molecule has 0 heterocycles. The molecule has 0 unspecified atom stereocenters. The summed E-state index contributed by atoms with van der Waals surface area (Å²) in [4.78, 5) is 0. The Morgan fingerprint density at radius 3 is 1.67 bits per heavy atom. The van der Waals surface area contributed by atoms with Gasteiger partial charge in [0.1, 0.15) is 5.82 Å². The van der Waals surface area contributed by atoms with Crippen molar-refractivity contribution in [2.75, 3.05) is 0 Å². The number of hydrogen-bond donors (Lipinski definition) is 0. The van der Waals surface area contributed by atoms with Crippen molar-refractivity contribution in [3.8, 4) is 23.7 Å². The van der Waals surface area contributed by atoms with Gasteiger partial charge in [-0.2, -0.15) is 0 Å². The van der Waals surface area contributed by atoms with E-state index in [2.05, 4.69) is 61.8 Å². The molecule has 0 N–H and O–H groups in total. The minimum absolute atomic E-state index is 0.251. The molecule has 33 heavy (non-hydrogen) atoms. The molecular formula is C32H33F. The van der Waals surface area contributed by atoms with Crippen LogP contribution in [-0.2, 0) is 12.8 Å². The quantitative estimate of drug-likeness (QED) is 0.247. The number of unbranched alkanes of at least 4 members (excludes halogenated alkanes) is 4. The molecule has 0 saturated heterocycles. The lowest BCUT2D eigenvalue weighted by molar-refractivity contribution is 0.621. The van der Waals surface area contributed by atoms with Crippen molar-refractivity contribution in [3.63, 3.8) is 0 Å². The summed E-state index contributed by atoms with van der Waals surface area (Å²) in [5, 5.41) is 0. The van der Waals surface area contributed by atoms with Crippen LogP contribution in [0.4, 0.5) is 4.39 Å². The van der Waals surface area contributed by atoms with E-state index >= 15 is 0 Å². The Morgan fingerprint density at radius 2 is 1.09 bits per heavy atom. The monoisotopic (exact) mass is 436 g/mol. The lowest BCUT2D eigenvalue weighted by atomic mass is 10.0. The predicted octanol–water partition coefficient (Wildman–Crippen LogP) is 8.09. The molecule has 0 spiro atoms. The van der Waals surface area contributed by atoms with Crippen molar-refractivity contribution in [2.45, 2.75) is 65.2 Å². The van der Waals surface area contributed by atoms with E-state index in [0.29, 0.717) is 5.56 Å². The van der Waals surface area contributed by atoms with Gasteiger partial charge in [-0.3, -0.25) is 0 Å². The van der Waals surface area contributed by atoms with E-state index in [9.17, 15) is 4.39 Å². The number of rotatable bonds is 8. The Bertz CT molecular complexity index is 1130. The standard InChI is InChI=1S/C32H33F/c1-3-5-6-7-8-10-26-11-13-27(14-12-26)15-16-28-17-19-29(20-18-28)21-23-31-24-22-30(9-4-2)25-32(31)33/h11-14,17-20,22,24-25H,3-10H2,1-2H3. The molecular weight excluding hydrogens is 403 g/mol. The Hall–Kier alpha value is -3.29. The fraction of sp³-hybridized carbons (Fsp3) is 0.312. The van der Waals surface area contributed by atoms with E-state index in [-0.39, 0.29) is 5.82 Å². The van der Waals surface area contributed by atoms with Gasteiger partial charge in [-0.05, 0) is 78.9 Å². The minimum Gasteiger partial charge on any atom is -0.206 e. The van der Waals surface area contributed by atoms with Crippen LogP contribution in [0.1, 0.15) is 85.8 Å². The van der Waals surface area contributed by atoms with Gasteiger partial charge in [0.2, 0.25) is 0 Å². The first-order chi connectivity index (χ1) is 16.2. The lowest BCUT2D eigenvalue weighted by Crippen LogP contribution is -1.89. The van der Waals surface area contributed by atoms with Gasteiger partial charge in [0.25, 0.3) is 0 Å². The summed E-state index contributed by atoms with van der Waals surface area (Å²) in [5.74, 6) is 12.2. The highest BCUT2D eigenvalue weighted by Crippen LogP contribution is 2.12. The summed E-state index contributed by atoms with van der Waals surface area (Å²) in [5.41, 5.74) is 5.65. The van der Waals surface area contributed by atoms with Crippen molar-refractivity contribution < 1.29 is 4.39 Å². The average Bonchev–Trinajstić information content (AvgIpc) is 2.84. The molecule has 3 rings (SSSR count). The molecule has 0 aliphatic heterocycles. The number of aryl methyl sites for hydroxylation is 2. The summed E-state index contributed by atoms with van der Waals surface area (Å²) in [7, 11) is 0. The van der Waals surface area contributed by atoms with Crippen molar-refractivity contribution >= 4 is 0 Å². The fourth-order valence-corrected chi connectivity index (χ4v) is 3.71. The third-order valence-electron chi connectivity index (χ3n) is 5.67. The molecule has 0 radical (unpaired) electrons. The molecule has 0 saturated carbocycles. The Labute approximate surface area is 199 Å². The summed E-state index contributed by atoms with van der Waals surface area (Å²) < 4.78 is 14.2. The van der Waals surface area contributed by atoms with Gasteiger partial charge in [-0.15, -0.1) is 0 Å². The first kappa shape index (κ1) is 24.4. The van der Waals surface area contributed by atoms with E-state index in [0.717, 1.165) is 41.5 Å². The maximum Gasteiger partial charge on any atom is 0.139 e. The molecule has 0 aliphatic rings. The van der Waals surface area contributed by atoms with Crippen LogP contribution in [-0.4, -0.2) is 0 Å². The fourth-order valence-electron chi connectivity index (χ4n) is 3.71. The largest absolute Gasteiger partial charge is 0.206 e. The van der Waals surface area contributed by atoms with Crippen LogP contribution >= 0.6 is 0 Å². The molecule has 0 aliphatic carbocycles. The molecule has 168 valence electrons. The number of benzene rings is 3. The van der Waals surface area contributed by atoms with Crippen molar-refractivity contribution in [3.05, 3.63) is 106 Å². The maximum absolute atomic E-state index is 14.2. The molecule has 0 bridgehead atoms. The number of hydrogen-bond acceptors (Lipinski definition) is 0. The second-order valence-corrected chi connectivity index (χ2v) is 8.50. The topological polar surface area (TPSA) is 0 Å². The van der Waals surface area contributed by atoms with E-state index in [1.165, 1.54) is 37.7 Å². The SMILES string of the molecule is CCCCCCCc1ccc(C#Cc2ccc(C#Cc3ccc(CCC)cc3F)cc2)cc1. The highest BCUT2D eigenvalue weighted by atomic mass is 19.1. The molecule has 1 heteroatoms. The zero-order valence-electron chi connectivity index (χ0n) is 19.9. The van der Waals surface area contributed by atoms with Gasteiger partial charge in [0, 0.05) is 16.7 Å². The molecule has 0 fully saturated rings. The highest BCUT2D eigenvalue weighted by Gasteiger charge is 2.01. The van der Waals surface area contributed by atoms with Crippen LogP contribution in [0.2, 0.25) is 0 Å². The van der Waals surface area contributed by atoms with Gasteiger partial charge < -0.3 is 0 Å². The lowest BCUT2D eigenvalue weighted by Gasteiger charge is -2.01. The smallest absolute Gasteiger partial charge is 0.139 e. The van der Waals surface area contributed by atoms with Gasteiger partial charge >= 0.3 is 0 Å².